The van der Waals surface area contributed by atoms with Crippen molar-refractivity contribution in [2.45, 2.75) is 56.5 Å². The van der Waals surface area contributed by atoms with Gasteiger partial charge in [-0.25, -0.2) is 4.79 Å². The van der Waals surface area contributed by atoms with E-state index in [-0.39, 0.29) is 12.3 Å². The van der Waals surface area contributed by atoms with Crippen LogP contribution in [0.5, 0.6) is 0 Å². The Bertz CT molecular complexity index is 797. The van der Waals surface area contributed by atoms with Crippen molar-refractivity contribution in [3.05, 3.63) is 35.9 Å². The Morgan fingerprint density at radius 2 is 1.72 bits per heavy atom. The zero-order chi connectivity index (χ0) is 23.7. The Morgan fingerprint density at radius 1 is 1.06 bits per heavy atom. The molecule has 5 unspecified atom stereocenters. The van der Waals surface area contributed by atoms with E-state index >= 15 is 0 Å². The monoisotopic (exact) mass is 450 g/mol. The first-order valence-electron chi connectivity index (χ1n) is 10.4. The van der Waals surface area contributed by atoms with Gasteiger partial charge in [-0.1, -0.05) is 30.3 Å². The van der Waals surface area contributed by atoms with Crippen LogP contribution in [0.1, 0.15) is 25.3 Å². The third kappa shape index (κ3) is 7.29. The van der Waals surface area contributed by atoms with Gasteiger partial charge in [-0.15, -0.1) is 0 Å². The van der Waals surface area contributed by atoms with Crippen LogP contribution in [0.15, 0.2) is 30.3 Å². The molecule has 0 saturated carbocycles. The molecule has 0 aromatic heterocycles. The van der Waals surface area contributed by atoms with Crippen LogP contribution < -0.4 is 21.3 Å². The highest BCUT2D eigenvalue weighted by atomic mass is 16.4. The summed E-state index contributed by atoms with van der Waals surface area (Å²) in [5.41, 5.74) is 0.775. The van der Waals surface area contributed by atoms with E-state index in [1.807, 2.05) is 6.07 Å². The Kier molecular flexibility index (Phi) is 9.57. The molecule has 176 valence electrons. The SMILES string of the molecule is CC(O)C(NC(=O)C(CO)NC(=O)C(Cc1ccccc1)NC(=O)C1CCCN1)C(=O)O. The zero-order valence-electron chi connectivity index (χ0n) is 17.8. The number of carbonyl (C=O) groups is 4. The molecule has 1 fully saturated rings. The summed E-state index contributed by atoms with van der Waals surface area (Å²) < 4.78 is 0. The van der Waals surface area contributed by atoms with Crippen molar-refractivity contribution >= 4 is 23.7 Å². The van der Waals surface area contributed by atoms with Gasteiger partial charge < -0.3 is 36.6 Å². The van der Waals surface area contributed by atoms with E-state index in [4.69, 9.17) is 5.11 Å². The standard InChI is InChI=1S/C21H30N4O7/c1-12(27)17(21(31)32)25-20(30)16(11-26)24-19(29)15(10-13-6-3-2-4-7-13)23-18(28)14-8-5-9-22-14/h2-4,6-7,12,14-17,22,26-27H,5,8-11H2,1H3,(H,23,28)(H,24,29)(H,25,30)(H,31,32). The minimum absolute atomic E-state index is 0.149. The maximum Gasteiger partial charge on any atom is 0.328 e. The highest BCUT2D eigenvalue weighted by Crippen LogP contribution is 2.08. The molecule has 3 amide bonds. The Hall–Kier alpha value is -3.02. The fourth-order valence-electron chi connectivity index (χ4n) is 3.35. The van der Waals surface area contributed by atoms with Crippen LogP contribution in [0.25, 0.3) is 0 Å². The molecule has 5 atom stereocenters. The molecular formula is C21H30N4O7. The molecule has 32 heavy (non-hydrogen) atoms. The summed E-state index contributed by atoms with van der Waals surface area (Å²) in [5, 5.41) is 38.4. The van der Waals surface area contributed by atoms with Crippen molar-refractivity contribution in [1.82, 2.24) is 21.3 Å². The van der Waals surface area contributed by atoms with Crippen LogP contribution in [0.2, 0.25) is 0 Å². The molecule has 7 N–H and O–H groups in total. The molecule has 1 aromatic rings. The van der Waals surface area contributed by atoms with Gasteiger partial charge in [0.25, 0.3) is 0 Å². The largest absolute Gasteiger partial charge is 0.480 e. The lowest BCUT2D eigenvalue weighted by Crippen LogP contribution is -2.59. The zero-order valence-corrected chi connectivity index (χ0v) is 17.8. The molecule has 11 heteroatoms. The maximum atomic E-state index is 12.9. The molecule has 2 rings (SSSR count). The van der Waals surface area contributed by atoms with Crippen LogP contribution in [0.3, 0.4) is 0 Å². The highest BCUT2D eigenvalue weighted by Gasteiger charge is 2.32. The molecule has 1 aliphatic heterocycles. The number of carbonyl (C=O) groups excluding carboxylic acids is 3. The van der Waals surface area contributed by atoms with Crippen molar-refractivity contribution in [2.24, 2.45) is 0 Å². The number of hydrogen-bond donors (Lipinski definition) is 7. The molecular weight excluding hydrogens is 420 g/mol. The fourth-order valence-corrected chi connectivity index (χ4v) is 3.35. The van der Waals surface area contributed by atoms with Crippen molar-refractivity contribution in [1.29, 1.82) is 0 Å². The Labute approximate surface area is 185 Å². The van der Waals surface area contributed by atoms with Gasteiger partial charge in [0.05, 0.1) is 18.8 Å². The highest BCUT2D eigenvalue weighted by molar-refractivity contribution is 5.94. The summed E-state index contributed by atoms with van der Waals surface area (Å²) in [4.78, 5) is 49.1. The summed E-state index contributed by atoms with van der Waals surface area (Å²) in [5.74, 6) is -3.49. The quantitative estimate of drug-likeness (QED) is 0.200. The molecule has 1 saturated heterocycles. The number of carboxylic acid groups (broad SMARTS) is 1. The predicted molar refractivity (Wildman–Crippen MR) is 113 cm³/mol. The second-order valence-electron chi connectivity index (χ2n) is 7.71. The van der Waals surface area contributed by atoms with Crippen LogP contribution in [0.4, 0.5) is 0 Å². The summed E-state index contributed by atoms with van der Waals surface area (Å²) in [6.45, 7) is 1.09. The van der Waals surface area contributed by atoms with Crippen molar-refractivity contribution in [3.63, 3.8) is 0 Å². The summed E-state index contributed by atoms with van der Waals surface area (Å²) in [6.07, 6.45) is 0.240. The average molecular weight is 450 g/mol. The first-order chi connectivity index (χ1) is 15.2. The molecule has 0 radical (unpaired) electrons. The first kappa shape index (κ1) is 25.2. The number of nitrogens with one attached hydrogen (secondary N) is 4. The molecule has 0 aliphatic carbocycles. The van der Waals surface area contributed by atoms with Crippen molar-refractivity contribution < 1.29 is 34.5 Å². The van der Waals surface area contributed by atoms with E-state index in [1.165, 1.54) is 6.92 Å². The maximum absolute atomic E-state index is 12.9. The smallest absolute Gasteiger partial charge is 0.328 e. The molecule has 1 heterocycles. The number of rotatable bonds is 11. The predicted octanol–water partition coefficient (Wildman–Crippen LogP) is -2.11. The number of benzene rings is 1. The summed E-state index contributed by atoms with van der Waals surface area (Å²) in [6, 6.07) is 4.44. The van der Waals surface area contributed by atoms with Gasteiger partial charge in [0.15, 0.2) is 6.04 Å². The number of carboxylic acids is 1. The topological polar surface area (TPSA) is 177 Å². The number of aliphatic hydroxyl groups is 2. The van der Waals surface area contributed by atoms with Gasteiger partial charge in [0.2, 0.25) is 17.7 Å². The Balaban J connectivity index is 2.10. The second-order valence-corrected chi connectivity index (χ2v) is 7.71. The van der Waals surface area contributed by atoms with E-state index < -0.39 is 54.7 Å². The van der Waals surface area contributed by atoms with Crippen LogP contribution in [-0.4, -0.2) is 82.4 Å². The van der Waals surface area contributed by atoms with Gasteiger partial charge in [0, 0.05) is 6.42 Å². The second kappa shape index (κ2) is 12.1. The fraction of sp³-hybridized carbons (Fsp3) is 0.524. The van der Waals surface area contributed by atoms with Crippen molar-refractivity contribution in [2.75, 3.05) is 13.2 Å². The average Bonchev–Trinajstić information content (AvgIpc) is 3.30. The van der Waals surface area contributed by atoms with E-state index in [2.05, 4.69) is 21.3 Å². The minimum Gasteiger partial charge on any atom is -0.480 e. The van der Waals surface area contributed by atoms with Gasteiger partial charge in [-0.2, -0.15) is 0 Å². The summed E-state index contributed by atoms with van der Waals surface area (Å²) >= 11 is 0. The van der Waals surface area contributed by atoms with Gasteiger partial charge in [0.1, 0.15) is 12.1 Å². The third-order valence-corrected chi connectivity index (χ3v) is 5.15. The number of aliphatic carboxylic acids is 1. The summed E-state index contributed by atoms with van der Waals surface area (Å²) in [7, 11) is 0. The van der Waals surface area contributed by atoms with Crippen molar-refractivity contribution in [3.8, 4) is 0 Å². The molecule has 1 aliphatic rings. The number of hydrogen-bond acceptors (Lipinski definition) is 7. The van der Waals surface area contributed by atoms with Crippen LogP contribution >= 0.6 is 0 Å². The number of aliphatic hydroxyl groups excluding tert-OH is 2. The van der Waals surface area contributed by atoms with Crippen LogP contribution in [0, 0.1) is 0 Å². The van der Waals surface area contributed by atoms with E-state index in [1.54, 1.807) is 24.3 Å². The molecule has 0 spiro atoms. The van der Waals surface area contributed by atoms with E-state index in [0.717, 1.165) is 12.0 Å². The molecule has 1 aromatic carbocycles. The molecule has 11 nitrogen and oxygen atoms in total. The van der Waals surface area contributed by atoms with Crippen LogP contribution in [-0.2, 0) is 25.6 Å². The van der Waals surface area contributed by atoms with Gasteiger partial charge in [-0.3, -0.25) is 14.4 Å². The lowest BCUT2D eigenvalue weighted by molar-refractivity contribution is -0.145. The minimum atomic E-state index is -1.61. The third-order valence-electron chi connectivity index (χ3n) is 5.15. The van der Waals surface area contributed by atoms with Gasteiger partial charge >= 0.3 is 5.97 Å². The van der Waals surface area contributed by atoms with Gasteiger partial charge in [-0.05, 0) is 31.9 Å². The Morgan fingerprint density at radius 3 is 2.25 bits per heavy atom. The lowest BCUT2D eigenvalue weighted by Gasteiger charge is -2.25. The van der Waals surface area contributed by atoms with E-state index in [9.17, 15) is 29.4 Å². The lowest BCUT2D eigenvalue weighted by atomic mass is 10.0. The first-order valence-corrected chi connectivity index (χ1v) is 10.4. The molecule has 0 bridgehead atoms. The normalized spacial score (nSPS) is 19.3. The van der Waals surface area contributed by atoms with E-state index in [0.29, 0.717) is 13.0 Å². The number of amides is 3.